The number of carbonyl (C=O) groups is 1. The molecule has 0 bridgehead atoms. The van der Waals surface area contributed by atoms with E-state index in [1.54, 1.807) is 12.1 Å². The molecule has 1 fully saturated rings. The van der Waals surface area contributed by atoms with Crippen LogP contribution in [0, 0.1) is 0 Å². The third kappa shape index (κ3) is 4.55. The topological polar surface area (TPSA) is 71.7 Å². The molecule has 2 heterocycles. The number of hydrogen-bond acceptors (Lipinski definition) is 5. The van der Waals surface area contributed by atoms with Crippen molar-refractivity contribution >= 4 is 5.91 Å². The fraction of sp³-hybridized carbons (Fsp3) is 0.368. The SMILES string of the molecule is CCN(Cc1ccc(Oc2ccc(C(N)=O)cn2)cc1)N1CCCC1. The van der Waals surface area contributed by atoms with Crippen LogP contribution in [0.1, 0.15) is 35.7 Å². The Labute approximate surface area is 148 Å². The number of aromatic nitrogens is 1. The van der Waals surface area contributed by atoms with Gasteiger partial charge in [-0.3, -0.25) is 4.79 Å². The number of primary amides is 1. The van der Waals surface area contributed by atoms with Gasteiger partial charge in [0.1, 0.15) is 5.75 Å². The Kier molecular flexibility index (Phi) is 5.63. The molecule has 1 aromatic carbocycles. The van der Waals surface area contributed by atoms with Gasteiger partial charge in [-0.15, -0.1) is 0 Å². The average molecular weight is 340 g/mol. The zero-order valence-electron chi connectivity index (χ0n) is 14.5. The van der Waals surface area contributed by atoms with Crippen molar-refractivity contribution in [3.63, 3.8) is 0 Å². The molecule has 0 unspecified atom stereocenters. The number of nitrogens with two attached hydrogens (primary N) is 1. The molecule has 1 amide bonds. The molecule has 0 saturated carbocycles. The maximum Gasteiger partial charge on any atom is 0.250 e. The van der Waals surface area contributed by atoms with E-state index in [2.05, 4.69) is 34.1 Å². The van der Waals surface area contributed by atoms with Gasteiger partial charge in [0.25, 0.3) is 0 Å². The largest absolute Gasteiger partial charge is 0.439 e. The molecule has 6 nitrogen and oxygen atoms in total. The minimum absolute atomic E-state index is 0.365. The number of nitrogens with zero attached hydrogens (tertiary/aromatic N) is 3. The second-order valence-electron chi connectivity index (χ2n) is 6.14. The van der Waals surface area contributed by atoms with Crippen molar-refractivity contribution in [1.29, 1.82) is 0 Å². The van der Waals surface area contributed by atoms with Crippen LogP contribution in [0.4, 0.5) is 0 Å². The first-order valence-corrected chi connectivity index (χ1v) is 8.68. The fourth-order valence-corrected chi connectivity index (χ4v) is 2.98. The molecule has 25 heavy (non-hydrogen) atoms. The summed E-state index contributed by atoms with van der Waals surface area (Å²) >= 11 is 0. The summed E-state index contributed by atoms with van der Waals surface area (Å²) < 4.78 is 5.71. The van der Waals surface area contributed by atoms with E-state index in [0.29, 0.717) is 17.2 Å². The lowest BCUT2D eigenvalue weighted by Crippen LogP contribution is -2.39. The molecule has 132 valence electrons. The number of carbonyl (C=O) groups excluding carboxylic acids is 1. The lowest BCUT2D eigenvalue weighted by atomic mass is 10.2. The summed E-state index contributed by atoms with van der Waals surface area (Å²) in [4.78, 5) is 15.1. The van der Waals surface area contributed by atoms with E-state index in [9.17, 15) is 4.79 Å². The van der Waals surface area contributed by atoms with E-state index in [-0.39, 0.29) is 0 Å². The average Bonchev–Trinajstić information content (AvgIpc) is 3.16. The van der Waals surface area contributed by atoms with Crippen LogP contribution in [0.2, 0.25) is 0 Å². The zero-order valence-corrected chi connectivity index (χ0v) is 14.5. The molecular formula is C19H24N4O2. The number of rotatable bonds is 7. The van der Waals surface area contributed by atoms with Gasteiger partial charge in [-0.1, -0.05) is 19.1 Å². The highest BCUT2D eigenvalue weighted by molar-refractivity contribution is 5.92. The van der Waals surface area contributed by atoms with E-state index in [1.807, 2.05) is 12.1 Å². The molecule has 0 radical (unpaired) electrons. The lowest BCUT2D eigenvalue weighted by molar-refractivity contribution is -0.00644. The monoisotopic (exact) mass is 340 g/mol. The van der Waals surface area contributed by atoms with Crippen molar-refractivity contribution in [3.05, 3.63) is 53.7 Å². The number of benzene rings is 1. The number of hydrogen-bond donors (Lipinski definition) is 1. The highest BCUT2D eigenvalue weighted by Gasteiger charge is 2.18. The van der Waals surface area contributed by atoms with Crippen molar-refractivity contribution in [1.82, 2.24) is 15.0 Å². The predicted molar refractivity (Wildman–Crippen MR) is 96.2 cm³/mol. The summed E-state index contributed by atoms with van der Waals surface area (Å²) in [5.74, 6) is 0.652. The van der Waals surface area contributed by atoms with Crippen molar-refractivity contribution < 1.29 is 9.53 Å². The molecule has 6 heteroatoms. The highest BCUT2D eigenvalue weighted by atomic mass is 16.5. The van der Waals surface area contributed by atoms with Gasteiger partial charge in [0, 0.05) is 38.4 Å². The van der Waals surface area contributed by atoms with Gasteiger partial charge >= 0.3 is 0 Å². The maximum absolute atomic E-state index is 11.1. The molecule has 0 aliphatic carbocycles. The maximum atomic E-state index is 11.1. The van der Waals surface area contributed by atoms with Crippen LogP contribution in [0.15, 0.2) is 42.6 Å². The van der Waals surface area contributed by atoms with Gasteiger partial charge in [-0.2, -0.15) is 0 Å². The predicted octanol–water partition coefficient (Wildman–Crippen LogP) is 2.81. The Bertz CT molecular complexity index is 694. The molecular weight excluding hydrogens is 316 g/mol. The van der Waals surface area contributed by atoms with Crippen molar-refractivity contribution in [2.24, 2.45) is 5.73 Å². The van der Waals surface area contributed by atoms with Crippen LogP contribution >= 0.6 is 0 Å². The van der Waals surface area contributed by atoms with Crippen LogP contribution in [0.3, 0.4) is 0 Å². The number of ether oxygens (including phenoxy) is 1. The molecule has 1 saturated heterocycles. The van der Waals surface area contributed by atoms with Crippen molar-refractivity contribution in [2.45, 2.75) is 26.3 Å². The van der Waals surface area contributed by atoms with Gasteiger partial charge in [0.2, 0.25) is 11.8 Å². The number of hydrazine groups is 1. The normalized spacial score (nSPS) is 14.8. The smallest absolute Gasteiger partial charge is 0.250 e. The Morgan fingerprint density at radius 3 is 2.48 bits per heavy atom. The summed E-state index contributed by atoms with van der Waals surface area (Å²) in [5.41, 5.74) is 6.82. The molecule has 1 aliphatic rings. The Morgan fingerprint density at radius 2 is 1.92 bits per heavy atom. The number of pyridine rings is 1. The van der Waals surface area contributed by atoms with Gasteiger partial charge in [-0.25, -0.2) is 15.0 Å². The van der Waals surface area contributed by atoms with Crippen LogP contribution in [-0.4, -0.2) is 40.5 Å². The van der Waals surface area contributed by atoms with Crippen molar-refractivity contribution in [3.8, 4) is 11.6 Å². The van der Waals surface area contributed by atoms with Crippen LogP contribution < -0.4 is 10.5 Å². The van der Waals surface area contributed by atoms with Gasteiger partial charge in [-0.05, 0) is 36.6 Å². The summed E-state index contributed by atoms with van der Waals surface area (Å²) in [7, 11) is 0. The van der Waals surface area contributed by atoms with Gasteiger partial charge in [0.05, 0.1) is 5.56 Å². The molecule has 3 rings (SSSR count). The second-order valence-corrected chi connectivity index (χ2v) is 6.14. The highest BCUT2D eigenvalue weighted by Crippen LogP contribution is 2.21. The summed E-state index contributed by atoms with van der Waals surface area (Å²) in [6.07, 6.45) is 3.98. The van der Waals surface area contributed by atoms with E-state index in [1.165, 1.54) is 24.6 Å². The molecule has 1 aromatic heterocycles. The Hall–Kier alpha value is -2.44. The molecule has 2 aromatic rings. The van der Waals surface area contributed by atoms with E-state index >= 15 is 0 Å². The minimum Gasteiger partial charge on any atom is -0.439 e. The van der Waals surface area contributed by atoms with E-state index < -0.39 is 5.91 Å². The third-order valence-electron chi connectivity index (χ3n) is 4.38. The lowest BCUT2D eigenvalue weighted by Gasteiger charge is -2.30. The first-order valence-electron chi connectivity index (χ1n) is 8.68. The van der Waals surface area contributed by atoms with Crippen LogP contribution in [-0.2, 0) is 6.54 Å². The van der Waals surface area contributed by atoms with Gasteiger partial charge < -0.3 is 10.5 Å². The molecule has 0 spiro atoms. The standard InChI is InChI=1S/C19H24N4O2/c1-2-22(23-11-3-4-12-23)14-15-5-8-17(9-6-15)25-18-10-7-16(13-21-18)19(20)24/h5-10,13H,2-4,11-12,14H2,1H3,(H2,20,24). The van der Waals surface area contributed by atoms with Gasteiger partial charge in [0.15, 0.2) is 0 Å². The summed E-state index contributed by atoms with van der Waals surface area (Å²) in [6.45, 7) is 6.41. The molecule has 0 atom stereocenters. The number of amides is 1. The molecule has 2 N–H and O–H groups in total. The Balaban J connectivity index is 1.60. The first-order chi connectivity index (χ1) is 12.2. The van der Waals surface area contributed by atoms with Crippen molar-refractivity contribution in [2.75, 3.05) is 19.6 Å². The first kappa shape index (κ1) is 17.4. The zero-order chi connectivity index (χ0) is 17.6. The van der Waals surface area contributed by atoms with Crippen LogP contribution in [0.25, 0.3) is 0 Å². The summed E-state index contributed by atoms with van der Waals surface area (Å²) in [5, 5.41) is 4.83. The van der Waals surface area contributed by atoms with Crippen LogP contribution in [0.5, 0.6) is 11.6 Å². The third-order valence-corrected chi connectivity index (χ3v) is 4.38. The second kappa shape index (κ2) is 8.09. The van der Waals surface area contributed by atoms with E-state index in [0.717, 1.165) is 26.2 Å². The Morgan fingerprint density at radius 1 is 1.20 bits per heavy atom. The van der Waals surface area contributed by atoms with E-state index in [4.69, 9.17) is 10.5 Å². The summed E-state index contributed by atoms with van der Waals surface area (Å²) in [6, 6.07) is 11.3. The quantitative estimate of drug-likeness (QED) is 0.839. The molecule has 1 aliphatic heterocycles. The minimum atomic E-state index is -0.498. The fourth-order valence-electron chi connectivity index (χ4n) is 2.98.